The third kappa shape index (κ3) is 1.62. The number of H-pyrrole nitrogens is 1. The number of carbonyl (C=O) groups is 1. The van der Waals surface area contributed by atoms with E-state index in [1.54, 1.807) is 6.92 Å². The van der Waals surface area contributed by atoms with Crippen LogP contribution in [0.3, 0.4) is 0 Å². The molecule has 0 saturated heterocycles. The van der Waals surface area contributed by atoms with E-state index >= 15 is 0 Å². The average Bonchev–Trinajstić information content (AvgIpc) is 2.79. The summed E-state index contributed by atoms with van der Waals surface area (Å²) >= 11 is 0. The van der Waals surface area contributed by atoms with Crippen molar-refractivity contribution in [2.75, 3.05) is 7.11 Å². The van der Waals surface area contributed by atoms with Crippen molar-refractivity contribution in [3.05, 3.63) is 27.2 Å². The summed E-state index contributed by atoms with van der Waals surface area (Å²) in [6, 6.07) is -0.696. The Morgan fingerprint density at radius 1 is 1.50 bits per heavy atom. The molecule has 0 aliphatic carbocycles. The lowest BCUT2D eigenvalue weighted by molar-refractivity contribution is -0.143. The van der Waals surface area contributed by atoms with Crippen LogP contribution in [0.15, 0.2) is 15.9 Å². The Hall–Kier alpha value is -2.38. The van der Waals surface area contributed by atoms with Crippen LogP contribution >= 0.6 is 0 Å². The van der Waals surface area contributed by atoms with Crippen LogP contribution in [-0.2, 0) is 16.6 Å². The fourth-order valence-corrected chi connectivity index (χ4v) is 1.73. The third-order valence-electron chi connectivity index (χ3n) is 2.79. The summed E-state index contributed by atoms with van der Waals surface area (Å²) < 4.78 is 7.19. The SMILES string of the molecule is COC(=O)[C@H](C)n1cnc2c1c(=O)[nH]c(=O)n2C. The number of hydrogen-bond acceptors (Lipinski definition) is 5. The van der Waals surface area contributed by atoms with E-state index in [1.807, 2.05) is 0 Å². The number of hydrogen-bond donors (Lipinski definition) is 1. The van der Waals surface area contributed by atoms with Crippen molar-refractivity contribution < 1.29 is 9.53 Å². The third-order valence-corrected chi connectivity index (χ3v) is 2.79. The Balaban J connectivity index is 2.76. The van der Waals surface area contributed by atoms with E-state index in [0.29, 0.717) is 0 Å². The van der Waals surface area contributed by atoms with Gasteiger partial charge in [-0.2, -0.15) is 0 Å². The van der Waals surface area contributed by atoms with E-state index in [4.69, 9.17) is 0 Å². The minimum atomic E-state index is -0.696. The van der Waals surface area contributed by atoms with Crippen LogP contribution in [0.2, 0.25) is 0 Å². The smallest absolute Gasteiger partial charge is 0.329 e. The number of aryl methyl sites for hydroxylation is 1. The van der Waals surface area contributed by atoms with Crippen molar-refractivity contribution in [1.82, 2.24) is 19.1 Å². The lowest BCUT2D eigenvalue weighted by Gasteiger charge is -2.11. The molecule has 0 fully saturated rings. The second kappa shape index (κ2) is 4.13. The summed E-state index contributed by atoms with van der Waals surface area (Å²) in [6.07, 6.45) is 1.33. The minimum Gasteiger partial charge on any atom is -0.467 e. The van der Waals surface area contributed by atoms with E-state index in [2.05, 4.69) is 14.7 Å². The molecule has 18 heavy (non-hydrogen) atoms. The lowest BCUT2D eigenvalue weighted by Crippen LogP contribution is -2.30. The summed E-state index contributed by atoms with van der Waals surface area (Å²) in [5.74, 6) is -0.498. The predicted octanol–water partition coefficient (Wildman–Crippen LogP) is -0.843. The summed E-state index contributed by atoms with van der Waals surface area (Å²) in [4.78, 5) is 40.8. The first-order valence-electron chi connectivity index (χ1n) is 5.21. The van der Waals surface area contributed by atoms with Gasteiger partial charge in [0.25, 0.3) is 5.56 Å². The molecule has 2 aromatic heterocycles. The summed E-state index contributed by atoms with van der Waals surface area (Å²) in [5, 5.41) is 0. The van der Waals surface area contributed by atoms with Crippen molar-refractivity contribution >= 4 is 17.1 Å². The molecule has 2 rings (SSSR count). The predicted molar refractivity (Wildman–Crippen MR) is 62.3 cm³/mol. The van der Waals surface area contributed by atoms with Gasteiger partial charge >= 0.3 is 11.7 Å². The van der Waals surface area contributed by atoms with Gasteiger partial charge in [0.05, 0.1) is 13.4 Å². The quantitative estimate of drug-likeness (QED) is 0.702. The molecule has 8 nitrogen and oxygen atoms in total. The van der Waals surface area contributed by atoms with E-state index in [1.165, 1.54) is 29.6 Å². The van der Waals surface area contributed by atoms with Gasteiger partial charge in [0.2, 0.25) is 0 Å². The molecule has 0 bridgehead atoms. The fraction of sp³-hybridized carbons (Fsp3) is 0.400. The summed E-state index contributed by atoms with van der Waals surface area (Å²) in [7, 11) is 2.75. The van der Waals surface area contributed by atoms with Crippen LogP contribution in [-0.4, -0.2) is 32.2 Å². The monoisotopic (exact) mass is 252 g/mol. The Morgan fingerprint density at radius 3 is 2.78 bits per heavy atom. The van der Waals surface area contributed by atoms with Gasteiger partial charge in [0.15, 0.2) is 11.2 Å². The van der Waals surface area contributed by atoms with E-state index in [0.717, 1.165) is 0 Å². The van der Waals surface area contributed by atoms with Crippen molar-refractivity contribution in [3.8, 4) is 0 Å². The molecule has 0 aliphatic heterocycles. The van der Waals surface area contributed by atoms with Gasteiger partial charge in [-0.25, -0.2) is 14.6 Å². The van der Waals surface area contributed by atoms with Gasteiger partial charge in [-0.15, -0.1) is 0 Å². The zero-order valence-electron chi connectivity index (χ0n) is 10.1. The number of fused-ring (bicyclic) bond motifs is 1. The number of nitrogens with zero attached hydrogens (tertiary/aromatic N) is 3. The minimum absolute atomic E-state index is 0.162. The summed E-state index contributed by atoms with van der Waals surface area (Å²) in [6.45, 7) is 1.58. The maximum Gasteiger partial charge on any atom is 0.329 e. The average molecular weight is 252 g/mol. The lowest BCUT2D eigenvalue weighted by atomic mass is 10.3. The first-order valence-corrected chi connectivity index (χ1v) is 5.21. The van der Waals surface area contributed by atoms with Crippen LogP contribution in [0.5, 0.6) is 0 Å². The Morgan fingerprint density at radius 2 is 2.17 bits per heavy atom. The highest BCUT2D eigenvalue weighted by Gasteiger charge is 2.20. The van der Waals surface area contributed by atoms with Gasteiger partial charge in [-0.1, -0.05) is 0 Å². The molecule has 8 heteroatoms. The van der Waals surface area contributed by atoms with Crippen LogP contribution in [0.25, 0.3) is 11.2 Å². The number of ether oxygens (including phenoxy) is 1. The largest absolute Gasteiger partial charge is 0.467 e. The zero-order valence-corrected chi connectivity index (χ0v) is 10.1. The Labute approximate surface area is 101 Å². The van der Waals surface area contributed by atoms with E-state index in [-0.39, 0.29) is 11.2 Å². The highest BCUT2D eigenvalue weighted by Crippen LogP contribution is 2.13. The molecular weight excluding hydrogens is 240 g/mol. The van der Waals surface area contributed by atoms with Crippen LogP contribution in [0, 0.1) is 0 Å². The topological polar surface area (TPSA) is 99.0 Å². The van der Waals surface area contributed by atoms with Gasteiger partial charge in [-0.3, -0.25) is 14.3 Å². The number of rotatable bonds is 2. The number of methoxy groups -OCH3 is 1. The molecule has 0 aliphatic rings. The molecule has 96 valence electrons. The molecule has 2 aromatic rings. The molecule has 0 radical (unpaired) electrons. The standard InChI is InChI=1S/C10H12N4O4/c1-5(9(16)18-3)14-4-11-7-6(14)8(15)12-10(17)13(7)2/h4-5H,1-3H3,(H,12,15,17)/t5-/m0/s1. The highest BCUT2D eigenvalue weighted by atomic mass is 16.5. The van der Waals surface area contributed by atoms with E-state index in [9.17, 15) is 14.4 Å². The van der Waals surface area contributed by atoms with Crippen LogP contribution in [0.1, 0.15) is 13.0 Å². The number of esters is 1. The number of aromatic nitrogens is 4. The van der Waals surface area contributed by atoms with Gasteiger partial charge in [-0.05, 0) is 6.92 Å². The molecule has 2 heterocycles. The van der Waals surface area contributed by atoms with Crippen molar-refractivity contribution in [3.63, 3.8) is 0 Å². The molecule has 0 aromatic carbocycles. The van der Waals surface area contributed by atoms with Gasteiger partial charge < -0.3 is 9.30 Å². The zero-order chi connectivity index (χ0) is 13.4. The summed E-state index contributed by atoms with van der Waals surface area (Å²) in [5.41, 5.74) is -0.751. The van der Waals surface area contributed by atoms with Gasteiger partial charge in [0, 0.05) is 7.05 Å². The molecule has 0 amide bonds. The number of imidazole rings is 1. The second-order valence-electron chi connectivity index (χ2n) is 3.84. The van der Waals surface area contributed by atoms with Crippen molar-refractivity contribution in [2.45, 2.75) is 13.0 Å². The van der Waals surface area contributed by atoms with Crippen molar-refractivity contribution in [2.24, 2.45) is 7.05 Å². The second-order valence-corrected chi connectivity index (χ2v) is 3.84. The normalized spacial score (nSPS) is 12.6. The van der Waals surface area contributed by atoms with E-state index < -0.39 is 23.3 Å². The first-order chi connectivity index (χ1) is 8.47. The number of carbonyl (C=O) groups excluding carboxylic acids is 1. The fourth-order valence-electron chi connectivity index (χ4n) is 1.73. The molecule has 0 saturated carbocycles. The maximum absolute atomic E-state index is 11.8. The first kappa shape index (κ1) is 12.1. The number of aromatic amines is 1. The van der Waals surface area contributed by atoms with Crippen molar-refractivity contribution in [1.29, 1.82) is 0 Å². The van der Waals surface area contributed by atoms with Crippen LogP contribution < -0.4 is 11.2 Å². The maximum atomic E-state index is 11.8. The van der Waals surface area contributed by atoms with Gasteiger partial charge in [0.1, 0.15) is 6.04 Å². The molecule has 1 atom stereocenters. The molecule has 0 unspecified atom stereocenters. The Bertz CT molecular complexity index is 724. The molecule has 0 spiro atoms. The highest BCUT2D eigenvalue weighted by molar-refractivity contribution is 5.78. The Kier molecular flexibility index (Phi) is 2.77. The van der Waals surface area contributed by atoms with Crippen LogP contribution in [0.4, 0.5) is 0 Å². The number of nitrogens with one attached hydrogen (secondary N) is 1. The molecular formula is C10H12N4O4. The molecule has 1 N–H and O–H groups in total.